The molecule has 2 aliphatic rings. The van der Waals surface area contributed by atoms with Crippen LogP contribution in [-0.4, -0.2) is 90.2 Å². The Bertz CT molecular complexity index is 666. The van der Waals surface area contributed by atoms with Crippen LogP contribution in [0.4, 0.5) is 0 Å². The van der Waals surface area contributed by atoms with Crippen molar-refractivity contribution < 1.29 is 29.0 Å². The molecular formula is C22H40N2O6. The largest absolute Gasteiger partial charge is 0.459 e. The number of carbonyl (C=O) groups is 3. The van der Waals surface area contributed by atoms with Gasteiger partial charge in [0.05, 0.1) is 12.6 Å². The number of esters is 2. The molecule has 30 heavy (non-hydrogen) atoms. The Morgan fingerprint density at radius 2 is 1.40 bits per heavy atom. The monoisotopic (exact) mass is 428 g/mol. The normalized spacial score (nSPS) is 30.6. The first-order valence-corrected chi connectivity index (χ1v) is 10.4. The van der Waals surface area contributed by atoms with E-state index in [1.165, 1.54) is 0 Å². The van der Waals surface area contributed by atoms with E-state index in [1.807, 2.05) is 44.7 Å². The minimum absolute atomic E-state index is 0.0562. The van der Waals surface area contributed by atoms with Gasteiger partial charge in [-0.2, -0.15) is 0 Å². The van der Waals surface area contributed by atoms with Crippen LogP contribution in [0.5, 0.6) is 0 Å². The van der Waals surface area contributed by atoms with Crippen molar-refractivity contribution in [2.24, 2.45) is 10.8 Å². The molecule has 2 rings (SSSR count). The average molecular weight is 429 g/mol. The van der Waals surface area contributed by atoms with E-state index in [9.17, 15) is 19.5 Å². The highest BCUT2D eigenvalue weighted by Crippen LogP contribution is 2.32. The molecule has 2 heterocycles. The van der Waals surface area contributed by atoms with Crippen LogP contribution >= 0.6 is 0 Å². The Kier molecular flexibility index (Phi) is 7.89. The van der Waals surface area contributed by atoms with Crippen LogP contribution in [0.25, 0.3) is 0 Å². The molecular weight excluding hydrogens is 388 g/mol. The van der Waals surface area contributed by atoms with Gasteiger partial charge in [0.2, 0.25) is 0 Å². The number of likely N-dealkylation sites (tertiary alicyclic amines) is 2. The number of likely N-dealkylation sites (N-methyl/N-ethyl adjacent to an activating group) is 2. The Balaban J connectivity index is 0.000000300. The van der Waals surface area contributed by atoms with E-state index in [1.54, 1.807) is 34.6 Å². The van der Waals surface area contributed by atoms with Gasteiger partial charge in [0.15, 0.2) is 5.78 Å². The number of hydrogen-bond donors (Lipinski definition) is 1. The van der Waals surface area contributed by atoms with Crippen LogP contribution in [0.15, 0.2) is 0 Å². The molecule has 0 aromatic heterocycles. The zero-order valence-electron chi connectivity index (χ0n) is 20.3. The second-order valence-corrected chi connectivity index (χ2v) is 11.1. The number of rotatable bonds is 2. The third-order valence-corrected chi connectivity index (χ3v) is 5.15. The van der Waals surface area contributed by atoms with Crippen molar-refractivity contribution in [2.75, 3.05) is 40.3 Å². The van der Waals surface area contributed by atoms with Gasteiger partial charge in [-0.1, -0.05) is 0 Å². The molecule has 2 fully saturated rings. The number of ketones is 1. The van der Waals surface area contributed by atoms with E-state index in [0.717, 1.165) is 0 Å². The van der Waals surface area contributed by atoms with Crippen molar-refractivity contribution in [1.29, 1.82) is 0 Å². The van der Waals surface area contributed by atoms with Gasteiger partial charge in [-0.25, -0.2) is 0 Å². The summed E-state index contributed by atoms with van der Waals surface area (Å²) in [5.41, 5.74) is -2.81. The summed E-state index contributed by atoms with van der Waals surface area (Å²) in [5, 5.41) is 9.84. The van der Waals surface area contributed by atoms with Crippen LogP contribution in [0.1, 0.15) is 55.4 Å². The maximum absolute atomic E-state index is 11.9. The number of hydrogen-bond acceptors (Lipinski definition) is 8. The molecule has 1 N–H and O–H groups in total. The number of aliphatic hydroxyl groups excluding tert-OH is 1. The van der Waals surface area contributed by atoms with Crippen LogP contribution in [-0.2, 0) is 23.9 Å². The second-order valence-electron chi connectivity index (χ2n) is 11.1. The molecule has 0 aliphatic carbocycles. The predicted octanol–water partition coefficient (Wildman–Crippen LogP) is 1.49. The Labute approximate surface area is 180 Å². The van der Waals surface area contributed by atoms with Crippen molar-refractivity contribution in [1.82, 2.24) is 9.80 Å². The lowest BCUT2D eigenvalue weighted by molar-refractivity contribution is -0.171. The fraction of sp³-hybridized carbons (Fsp3) is 0.864. The van der Waals surface area contributed by atoms with Gasteiger partial charge in [-0.05, 0) is 69.5 Å². The molecule has 0 aromatic rings. The summed E-state index contributed by atoms with van der Waals surface area (Å²) in [7, 11) is 3.71. The van der Waals surface area contributed by atoms with Gasteiger partial charge < -0.3 is 19.5 Å². The first kappa shape index (κ1) is 26.5. The first-order chi connectivity index (χ1) is 13.3. The molecule has 0 amide bonds. The molecule has 8 heteroatoms. The summed E-state index contributed by atoms with van der Waals surface area (Å²) in [6, 6.07) is 0. The van der Waals surface area contributed by atoms with E-state index >= 15 is 0 Å². The molecule has 0 spiro atoms. The van der Waals surface area contributed by atoms with Gasteiger partial charge in [-0.3, -0.25) is 19.3 Å². The van der Waals surface area contributed by atoms with Gasteiger partial charge in [-0.15, -0.1) is 0 Å². The SMILES string of the molecule is CN1CC(=O)[C@@](C)(C(=O)OC(C)(C)C)C1.CN1CC(O)[C@@](C)(C(=O)OC(C)(C)C)C1. The van der Waals surface area contributed by atoms with Gasteiger partial charge in [0, 0.05) is 19.6 Å². The minimum Gasteiger partial charge on any atom is -0.459 e. The predicted molar refractivity (Wildman–Crippen MR) is 114 cm³/mol. The Morgan fingerprint density at radius 1 is 0.933 bits per heavy atom. The maximum atomic E-state index is 11.9. The number of Topliss-reactive ketones (excluding diaryl/α,β-unsaturated/α-hetero) is 1. The van der Waals surface area contributed by atoms with E-state index in [-0.39, 0.29) is 11.8 Å². The van der Waals surface area contributed by atoms with Crippen molar-refractivity contribution in [3.8, 4) is 0 Å². The van der Waals surface area contributed by atoms with Crippen LogP contribution in [0.2, 0.25) is 0 Å². The van der Waals surface area contributed by atoms with E-state index < -0.39 is 34.1 Å². The fourth-order valence-electron chi connectivity index (χ4n) is 3.50. The summed E-state index contributed by atoms with van der Waals surface area (Å²) in [4.78, 5) is 39.3. The van der Waals surface area contributed by atoms with Crippen LogP contribution in [0, 0.1) is 10.8 Å². The summed E-state index contributed by atoms with van der Waals surface area (Å²) in [6.07, 6.45) is -0.641. The van der Waals surface area contributed by atoms with Crippen molar-refractivity contribution >= 4 is 17.7 Å². The van der Waals surface area contributed by atoms with Gasteiger partial charge in [0.25, 0.3) is 0 Å². The summed E-state index contributed by atoms with van der Waals surface area (Å²) >= 11 is 0. The van der Waals surface area contributed by atoms with Crippen molar-refractivity contribution in [2.45, 2.75) is 72.7 Å². The fourth-order valence-corrected chi connectivity index (χ4v) is 3.50. The topological polar surface area (TPSA) is 96.4 Å². The lowest BCUT2D eigenvalue weighted by atomic mass is 9.87. The molecule has 0 bridgehead atoms. The standard InChI is InChI=1S/C11H21NO3.C11H19NO3/c2*1-10(2,3)15-9(14)11(4)7-12(5)6-8(11)13/h8,13H,6-7H2,1-5H3;6-7H2,1-5H3/t8?,11-;11-/m00/s1. The second kappa shape index (κ2) is 8.93. The first-order valence-electron chi connectivity index (χ1n) is 10.4. The minimum atomic E-state index is -0.984. The summed E-state index contributed by atoms with van der Waals surface area (Å²) < 4.78 is 10.6. The molecule has 3 atom stereocenters. The lowest BCUT2D eigenvalue weighted by Crippen LogP contribution is -2.43. The van der Waals surface area contributed by atoms with Crippen molar-refractivity contribution in [3.63, 3.8) is 0 Å². The molecule has 2 aliphatic heterocycles. The third-order valence-electron chi connectivity index (χ3n) is 5.15. The van der Waals surface area contributed by atoms with E-state index in [4.69, 9.17) is 9.47 Å². The number of aliphatic hydroxyl groups is 1. The molecule has 0 radical (unpaired) electrons. The number of carbonyl (C=O) groups excluding carboxylic acids is 3. The molecule has 8 nitrogen and oxygen atoms in total. The number of ether oxygens (including phenoxy) is 2. The quantitative estimate of drug-likeness (QED) is 0.522. The highest BCUT2D eigenvalue weighted by atomic mass is 16.6. The van der Waals surface area contributed by atoms with E-state index in [2.05, 4.69) is 0 Å². The zero-order valence-corrected chi connectivity index (χ0v) is 20.3. The van der Waals surface area contributed by atoms with Gasteiger partial charge in [0.1, 0.15) is 22.0 Å². The highest BCUT2D eigenvalue weighted by molar-refractivity contribution is 6.06. The summed E-state index contributed by atoms with van der Waals surface area (Å²) in [6.45, 7) is 16.2. The van der Waals surface area contributed by atoms with Crippen LogP contribution < -0.4 is 0 Å². The van der Waals surface area contributed by atoms with Crippen molar-refractivity contribution in [3.05, 3.63) is 0 Å². The van der Waals surface area contributed by atoms with Crippen LogP contribution in [0.3, 0.4) is 0 Å². The number of nitrogens with zero attached hydrogens (tertiary/aromatic N) is 2. The smallest absolute Gasteiger partial charge is 0.321 e. The Hall–Kier alpha value is -1.51. The average Bonchev–Trinajstić information content (AvgIpc) is 2.92. The number of β-amino-alcohol motifs (C(OH)–C–C–N with tert-alkyl or cyclic N) is 1. The highest BCUT2D eigenvalue weighted by Gasteiger charge is 2.50. The molecule has 1 unspecified atom stereocenters. The van der Waals surface area contributed by atoms with E-state index in [0.29, 0.717) is 26.2 Å². The zero-order chi connectivity index (χ0) is 23.7. The molecule has 2 saturated heterocycles. The molecule has 174 valence electrons. The molecule has 0 saturated carbocycles. The maximum Gasteiger partial charge on any atom is 0.321 e. The molecule has 0 aromatic carbocycles. The lowest BCUT2D eigenvalue weighted by Gasteiger charge is -2.29. The summed E-state index contributed by atoms with van der Waals surface area (Å²) in [5.74, 6) is -0.782. The third kappa shape index (κ3) is 6.75. The Morgan fingerprint density at radius 3 is 1.73 bits per heavy atom. The van der Waals surface area contributed by atoms with Gasteiger partial charge >= 0.3 is 11.9 Å².